The van der Waals surface area contributed by atoms with Crippen LogP contribution in [0.5, 0.6) is 0 Å². The normalized spacial score (nSPS) is 11.9. The molecule has 2 aromatic carbocycles. The lowest BCUT2D eigenvalue weighted by Gasteiger charge is -2.18. The summed E-state index contributed by atoms with van der Waals surface area (Å²) in [4.78, 5) is 11.7. The van der Waals surface area contributed by atoms with Gasteiger partial charge in [0.2, 0.25) is 5.91 Å². The van der Waals surface area contributed by atoms with Crippen LogP contribution in [-0.4, -0.2) is 5.91 Å². The molecule has 3 N–H and O–H groups in total. The minimum Gasteiger partial charge on any atom is -0.370 e. The van der Waals surface area contributed by atoms with Gasteiger partial charge < -0.3 is 11.1 Å². The summed E-state index contributed by atoms with van der Waals surface area (Å²) in [6.45, 7) is 0. The summed E-state index contributed by atoms with van der Waals surface area (Å²) in [6, 6.07) is 12.1. The van der Waals surface area contributed by atoms with Crippen LogP contribution in [0.2, 0.25) is 5.02 Å². The van der Waals surface area contributed by atoms with E-state index in [0.717, 1.165) is 20.2 Å². The van der Waals surface area contributed by atoms with Gasteiger partial charge in [0.25, 0.3) is 0 Å². The summed E-state index contributed by atoms with van der Waals surface area (Å²) in [6.07, 6.45) is 0. The van der Waals surface area contributed by atoms with Gasteiger partial charge in [0.15, 0.2) is 0 Å². The summed E-state index contributed by atoms with van der Waals surface area (Å²) in [5, 5.41) is 3.68. The predicted octanol–water partition coefficient (Wildman–Crippen LogP) is 4.50. The van der Waals surface area contributed by atoms with E-state index < -0.39 is 11.9 Å². The monoisotopic (exact) mass is 416 g/mol. The molecule has 20 heavy (non-hydrogen) atoms. The maximum atomic E-state index is 11.7. The Morgan fingerprint density at radius 1 is 1.15 bits per heavy atom. The molecule has 1 unspecified atom stereocenters. The number of rotatable bonds is 4. The first-order chi connectivity index (χ1) is 9.47. The fourth-order valence-electron chi connectivity index (χ4n) is 1.76. The lowest BCUT2D eigenvalue weighted by Crippen LogP contribution is -2.27. The van der Waals surface area contributed by atoms with E-state index in [0.29, 0.717) is 5.02 Å². The Morgan fingerprint density at radius 3 is 2.50 bits per heavy atom. The average Bonchev–Trinajstić information content (AvgIpc) is 2.39. The Kier molecular flexibility index (Phi) is 5.07. The number of amides is 1. The summed E-state index contributed by atoms with van der Waals surface area (Å²) in [5.41, 5.74) is 6.99. The van der Waals surface area contributed by atoms with Crippen molar-refractivity contribution in [2.24, 2.45) is 5.73 Å². The van der Waals surface area contributed by atoms with E-state index in [1.807, 2.05) is 24.3 Å². The van der Waals surface area contributed by atoms with Crippen LogP contribution >= 0.6 is 43.5 Å². The molecule has 2 aromatic rings. The molecule has 1 atom stereocenters. The molecule has 104 valence electrons. The minimum absolute atomic E-state index is 0.459. The molecule has 0 fully saturated rings. The van der Waals surface area contributed by atoms with Crippen molar-refractivity contribution in [1.29, 1.82) is 0 Å². The van der Waals surface area contributed by atoms with Crippen LogP contribution in [0.1, 0.15) is 11.6 Å². The smallest absolute Gasteiger partial charge is 0.244 e. The summed E-state index contributed by atoms with van der Waals surface area (Å²) in [5.74, 6) is -0.459. The van der Waals surface area contributed by atoms with Gasteiger partial charge in [-0.15, -0.1) is 0 Å². The third-order valence-electron chi connectivity index (χ3n) is 2.70. The van der Waals surface area contributed by atoms with Gasteiger partial charge in [-0.25, -0.2) is 0 Å². The van der Waals surface area contributed by atoms with Crippen LogP contribution in [0.4, 0.5) is 5.69 Å². The number of halogens is 3. The molecule has 2 rings (SSSR count). The van der Waals surface area contributed by atoms with Gasteiger partial charge in [-0.05, 0) is 67.8 Å². The number of primary amides is 1. The van der Waals surface area contributed by atoms with Crippen molar-refractivity contribution in [2.75, 3.05) is 5.32 Å². The summed E-state index contributed by atoms with van der Waals surface area (Å²) >= 11 is 12.7. The Bertz CT molecular complexity index is 649. The molecule has 1 amide bonds. The van der Waals surface area contributed by atoms with Crippen molar-refractivity contribution >= 4 is 55.1 Å². The number of nitrogens with two attached hydrogens (primary N) is 1. The van der Waals surface area contributed by atoms with Crippen molar-refractivity contribution in [1.82, 2.24) is 0 Å². The van der Waals surface area contributed by atoms with Gasteiger partial charge in [0.05, 0.1) is 0 Å². The molecular formula is C14H11Br2ClN2O. The van der Waals surface area contributed by atoms with Crippen molar-refractivity contribution in [3.63, 3.8) is 0 Å². The highest BCUT2D eigenvalue weighted by molar-refractivity contribution is 9.13. The van der Waals surface area contributed by atoms with E-state index in [1.54, 1.807) is 18.2 Å². The first-order valence-corrected chi connectivity index (χ1v) is 7.70. The molecule has 0 radical (unpaired) electrons. The second kappa shape index (κ2) is 6.61. The third kappa shape index (κ3) is 3.75. The Labute approximate surface area is 138 Å². The van der Waals surface area contributed by atoms with Gasteiger partial charge in [-0.2, -0.15) is 0 Å². The van der Waals surface area contributed by atoms with Gasteiger partial charge in [0, 0.05) is 19.7 Å². The molecule has 3 nitrogen and oxygen atoms in total. The zero-order chi connectivity index (χ0) is 14.7. The minimum atomic E-state index is -0.627. The van der Waals surface area contributed by atoms with E-state index in [2.05, 4.69) is 37.2 Å². The topological polar surface area (TPSA) is 55.1 Å². The van der Waals surface area contributed by atoms with E-state index in [1.165, 1.54) is 0 Å². The third-order valence-corrected chi connectivity index (χ3v) is 4.81. The Morgan fingerprint density at radius 2 is 1.90 bits per heavy atom. The molecule has 0 aromatic heterocycles. The fourth-order valence-corrected chi connectivity index (χ4v) is 2.59. The molecule has 0 heterocycles. The SMILES string of the molecule is NC(=O)C(Nc1cccc(Cl)c1)c1ccc(Br)c(Br)c1. The molecule has 0 saturated carbocycles. The molecule has 0 spiro atoms. The highest BCUT2D eigenvalue weighted by Crippen LogP contribution is 2.28. The quantitative estimate of drug-likeness (QED) is 0.768. The van der Waals surface area contributed by atoms with Crippen LogP contribution in [-0.2, 0) is 4.79 Å². The molecule has 0 bridgehead atoms. The largest absolute Gasteiger partial charge is 0.370 e. The number of benzene rings is 2. The first kappa shape index (κ1) is 15.4. The lowest BCUT2D eigenvalue weighted by molar-refractivity contribution is -0.118. The zero-order valence-corrected chi connectivity index (χ0v) is 14.2. The van der Waals surface area contributed by atoms with Crippen molar-refractivity contribution in [2.45, 2.75) is 6.04 Å². The molecule has 0 aliphatic carbocycles. The Balaban J connectivity index is 2.32. The number of carbonyl (C=O) groups excluding carboxylic acids is 1. The van der Waals surface area contributed by atoms with Crippen LogP contribution in [0.15, 0.2) is 51.4 Å². The van der Waals surface area contributed by atoms with Gasteiger partial charge in [0.1, 0.15) is 6.04 Å². The van der Waals surface area contributed by atoms with Gasteiger partial charge in [-0.3, -0.25) is 4.79 Å². The maximum Gasteiger partial charge on any atom is 0.244 e. The number of anilines is 1. The Hall–Kier alpha value is -1.04. The average molecular weight is 419 g/mol. The molecule has 6 heteroatoms. The predicted molar refractivity (Wildman–Crippen MR) is 88.9 cm³/mol. The van der Waals surface area contributed by atoms with Crippen molar-refractivity contribution in [3.8, 4) is 0 Å². The van der Waals surface area contributed by atoms with Gasteiger partial charge >= 0.3 is 0 Å². The van der Waals surface area contributed by atoms with E-state index >= 15 is 0 Å². The number of carbonyl (C=O) groups is 1. The molecule has 0 saturated heterocycles. The lowest BCUT2D eigenvalue weighted by atomic mass is 10.1. The maximum absolute atomic E-state index is 11.7. The van der Waals surface area contributed by atoms with E-state index in [9.17, 15) is 4.79 Å². The number of hydrogen-bond acceptors (Lipinski definition) is 2. The van der Waals surface area contributed by atoms with Gasteiger partial charge in [-0.1, -0.05) is 23.7 Å². The second-order valence-corrected chi connectivity index (χ2v) is 6.31. The van der Waals surface area contributed by atoms with E-state index in [4.69, 9.17) is 17.3 Å². The highest BCUT2D eigenvalue weighted by atomic mass is 79.9. The van der Waals surface area contributed by atoms with Crippen molar-refractivity contribution in [3.05, 3.63) is 62.0 Å². The van der Waals surface area contributed by atoms with Crippen LogP contribution in [0.25, 0.3) is 0 Å². The van der Waals surface area contributed by atoms with Crippen LogP contribution < -0.4 is 11.1 Å². The fraction of sp³-hybridized carbons (Fsp3) is 0.0714. The standard InChI is InChI=1S/C14H11Br2ClN2O/c15-11-5-4-8(6-12(11)16)13(14(18)20)19-10-3-1-2-9(17)7-10/h1-7,13,19H,(H2,18,20). The number of hydrogen-bond donors (Lipinski definition) is 2. The summed E-state index contributed by atoms with van der Waals surface area (Å²) < 4.78 is 1.77. The number of nitrogens with one attached hydrogen (secondary N) is 1. The van der Waals surface area contributed by atoms with Crippen LogP contribution in [0.3, 0.4) is 0 Å². The van der Waals surface area contributed by atoms with Crippen molar-refractivity contribution < 1.29 is 4.79 Å². The van der Waals surface area contributed by atoms with E-state index in [-0.39, 0.29) is 0 Å². The molecule has 0 aliphatic rings. The summed E-state index contributed by atoms with van der Waals surface area (Å²) in [7, 11) is 0. The second-order valence-electron chi connectivity index (χ2n) is 4.16. The first-order valence-electron chi connectivity index (χ1n) is 5.74. The zero-order valence-electron chi connectivity index (χ0n) is 10.2. The molecular weight excluding hydrogens is 407 g/mol. The van der Waals surface area contributed by atoms with Crippen LogP contribution in [0, 0.1) is 0 Å². The highest BCUT2D eigenvalue weighted by Gasteiger charge is 2.18. The molecule has 0 aliphatic heterocycles.